The number of hydrogen-bond acceptors (Lipinski definition) is 9. The van der Waals surface area contributed by atoms with Crippen LogP contribution in [0.25, 0.3) is 0 Å². The van der Waals surface area contributed by atoms with Gasteiger partial charge in [0.15, 0.2) is 11.6 Å². The second-order valence-electron chi connectivity index (χ2n) is 5.41. The van der Waals surface area contributed by atoms with Crippen LogP contribution in [0.2, 0.25) is 5.02 Å². The molecule has 0 unspecified atom stereocenters. The summed E-state index contributed by atoms with van der Waals surface area (Å²) in [7, 11) is 0. The molecule has 0 aliphatic carbocycles. The third-order valence-electron chi connectivity index (χ3n) is 3.45. The largest absolute Gasteiger partial charge is 0.459 e. The average molecular weight is 444 g/mol. The lowest BCUT2D eigenvalue weighted by Gasteiger charge is -2.12. The van der Waals surface area contributed by atoms with Crippen LogP contribution in [-0.4, -0.2) is 25.8 Å². The molecule has 0 aliphatic rings. The van der Waals surface area contributed by atoms with Gasteiger partial charge in [-0.1, -0.05) is 11.6 Å². The fraction of sp³-hybridized carbons (Fsp3) is 0.0667. The van der Waals surface area contributed by atoms with Crippen molar-refractivity contribution >= 4 is 40.6 Å². The highest BCUT2D eigenvalue weighted by molar-refractivity contribution is 6.33. The van der Waals surface area contributed by atoms with Crippen molar-refractivity contribution in [2.24, 2.45) is 0 Å². The Morgan fingerprint density at radius 2 is 1.93 bits per heavy atom. The number of carbonyl (C=O) groups is 1. The first kappa shape index (κ1) is 20.8. The van der Waals surface area contributed by atoms with Gasteiger partial charge in [-0.25, -0.2) is 15.0 Å². The number of pyridine rings is 1. The van der Waals surface area contributed by atoms with Gasteiger partial charge in [-0.2, -0.15) is 13.2 Å². The number of alkyl halides is 3. The Hall–Kier alpha value is -3.94. The third-order valence-corrected chi connectivity index (χ3v) is 3.74. The number of furan rings is 1. The number of nitrogens with zero attached hydrogens (tertiary/aromatic N) is 4. The monoisotopic (exact) mass is 443 g/mol. The molecule has 3 N–H and O–H groups in total. The van der Waals surface area contributed by atoms with Gasteiger partial charge in [0, 0.05) is 6.20 Å². The Morgan fingerprint density at radius 3 is 2.53 bits per heavy atom. The van der Waals surface area contributed by atoms with E-state index in [9.17, 15) is 28.1 Å². The third kappa shape index (κ3) is 4.54. The first-order valence-corrected chi connectivity index (χ1v) is 8.13. The van der Waals surface area contributed by atoms with Crippen molar-refractivity contribution in [2.45, 2.75) is 6.18 Å². The number of anilines is 3. The van der Waals surface area contributed by atoms with Gasteiger partial charge in [0.25, 0.3) is 0 Å². The molecule has 3 rings (SSSR count). The predicted octanol–water partition coefficient (Wildman–Crippen LogP) is 3.55. The summed E-state index contributed by atoms with van der Waals surface area (Å²) in [5.41, 5.74) is 2.58. The number of nitro groups is 1. The van der Waals surface area contributed by atoms with Gasteiger partial charge < -0.3 is 9.73 Å². The highest BCUT2D eigenvalue weighted by Crippen LogP contribution is 2.35. The topological polar surface area (TPSA) is 148 Å². The summed E-state index contributed by atoms with van der Waals surface area (Å²) in [5, 5.41) is 13.4. The molecule has 0 spiro atoms. The highest BCUT2D eigenvalue weighted by atomic mass is 35.5. The van der Waals surface area contributed by atoms with Gasteiger partial charge in [-0.15, -0.1) is 0 Å². The van der Waals surface area contributed by atoms with E-state index in [0.29, 0.717) is 12.3 Å². The van der Waals surface area contributed by atoms with Gasteiger partial charge in [0.05, 0.1) is 21.8 Å². The average Bonchev–Trinajstić information content (AvgIpc) is 3.21. The van der Waals surface area contributed by atoms with E-state index in [1.807, 2.05) is 0 Å². The standard InChI is InChI=1S/C15H9ClF3N7O4/c16-8-4-7(15(17,18)19)5-20-11(8)23-12-10(26(28)29)13(22-6-21-12)24-25-14(27)9-2-1-3-30-9/h1-6H,(H,25,27)(H2,20,21,22,23,24). The van der Waals surface area contributed by atoms with Crippen LogP contribution in [0.15, 0.2) is 41.4 Å². The lowest BCUT2D eigenvalue weighted by Crippen LogP contribution is -2.30. The zero-order valence-electron chi connectivity index (χ0n) is 14.4. The molecule has 0 atom stereocenters. The molecule has 30 heavy (non-hydrogen) atoms. The van der Waals surface area contributed by atoms with Crippen molar-refractivity contribution in [3.8, 4) is 0 Å². The van der Waals surface area contributed by atoms with Gasteiger partial charge >= 0.3 is 17.8 Å². The van der Waals surface area contributed by atoms with Crippen molar-refractivity contribution in [2.75, 3.05) is 10.7 Å². The van der Waals surface area contributed by atoms with Crippen molar-refractivity contribution in [1.82, 2.24) is 20.4 Å². The molecule has 0 radical (unpaired) electrons. The molecule has 0 aliphatic heterocycles. The zero-order valence-corrected chi connectivity index (χ0v) is 15.2. The van der Waals surface area contributed by atoms with Crippen LogP contribution in [0, 0.1) is 10.1 Å². The maximum absolute atomic E-state index is 12.7. The number of hydrazine groups is 1. The van der Waals surface area contributed by atoms with E-state index >= 15 is 0 Å². The van der Waals surface area contributed by atoms with E-state index < -0.39 is 44.9 Å². The molecule has 0 bridgehead atoms. The molecular formula is C15H9ClF3N7O4. The Labute approximate surface area is 169 Å². The Bertz CT molecular complexity index is 1090. The molecule has 0 saturated carbocycles. The van der Waals surface area contributed by atoms with Crippen molar-refractivity contribution < 1.29 is 27.3 Å². The molecule has 156 valence electrons. The molecule has 0 saturated heterocycles. The van der Waals surface area contributed by atoms with Crippen LogP contribution in [0.1, 0.15) is 16.1 Å². The molecule has 1 amide bonds. The number of rotatable bonds is 6. The SMILES string of the molecule is O=C(NNc1ncnc(Nc2ncc(C(F)(F)F)cc2Cl)c1[N+](=O)[O-])c1ccco1. The number of aromatic nitrogens is 3. The summed E-state index contributed by atoms with van der Waals surface area (Å²) in [4.78, 5) is 33.4. The quantitative estimate of drug-likeness (QED) is 0.384. The number of nitrogens with one attached hydrogen (secondary N) is 3. The molecule has 15 heteroatoms. The molecule has 3 aromatic heterocycles. The molecule has 3 aromatic rings. The summed E-state index contributed by atoms with van der Waals surface area (Å²) >= 11 is 5.80. The van der Waals surface area contributed by atoms with E-state index in [-0.39, 0.29) is 11.6 Å². The second-order valence-corrected chi connectivity index (χ2v) is 5.82. The van der Waals surface area contributed by atoms with E-state index in [4.69, 9.17) is 16.0 Å². The minimum Gasteiger partial charge on any atom is -0.459 e. The number of hydrogen-bond donors (Lipinski definition) is 3. The number of carbonyl (C=O) groups excluding carboxylic acids is 1. The van der Waals surface area contributed by atoms with Crippen molar-refractivity contribution in [1.29, 1.82) is 0 Å². The first-order valence-electron chi connectivity index (χ1n) is 7.76. The lowest BCUT2D eigenvalue weighted by atomic mass is 10.3. The maximum Gasteiger partial charge on any atom is 0.417 e. The molecule has 11 nitrogen and oxygen atoms in total. The molecule has 0 aromatic carbocycles. The maximum atomic E-state index is 12.7. The van der Waals surface area contributed by atoms with Crippen LogP contribution in [0.5, 0.6) is 0 Å². The summed E-state index contributed by atoms with van der Waals surface area (Å²) in [6.45, 7) is 0. The minimum atomic E-state index is -4.67. The molecular weight excluding hydrogens is 435 g/mol. The number of amides is 1. The van der Waals surface area contributed by atoms with Crippen molar-refractivity contribution in [3.63, 3.8) is 0 Å². The van der Waals surface area contributed by atoms with Gasteiger partial charge in [0.1, 0.15) is 6.33 Å². The summed E-state index contributed by atoms with van der Waals surface area (Å²) in [6, 6.07) is 3.42. The van der Waals surface area contributed by atoms with Gasteiger partial charge in [-0.05, 0) is 18.2 Å². The van der Waals surface area contributed by atoms with E-state index in [1.165, 1.54) is 18.4 Å². The van der Waals surface area contributed by atoms with Crippen LogP contribution in [0.4, 0.5) is 36.3 Å². The van der Waals surface area contributed by atoms with Gasteiger partial charge in [-0.3, -0.25) is 25.8 Å². The fourth-order valence-electron chi connectivity index (χ4n) is 2.12. The lowest BCUT2D eigenvalue weighted by molar-refractivity contribution is -0.383. The normalized spacial score (nSPS) is 11.1. The fourth-order valence-corrected chi connectivity index (χ4v) is 2.33. The Kier molecular flexibility index (Phi) is 5.68. The van der Waals surface area contributed by atoms with E-state index in [1.54, 1.807) is 0 Å². The highest BCUT2D eigenvalue weighted by Gasteiger charge is 2.32. The van der Waals surface area contributed by atoms with Crippen LogP contribution >= 0.6 is 11.6 Å². The Morgan fingerprint density at radius 1 is 1.20 bits per heavy atom. The van der Waals surface area contributed by atoms with E-state index in [2.05, 4.69) is 31.1 Å². The minimum absolute atomic E-state index is 0.0710. The first-order chi connectivity index (χ1) is 14.2. The van der Waals surface area contributed by atoms with Crippen LogP contribution < -0.4 is 16.2 Å². The van der Waals surface area contributed by atoms with E-state index in [0.717, 1.165) is 6.33 Å². The number of halogens is 4. The van der Waals surface area contributed by atoms with Crippen molar-refractivity contribution in [3.05, 3.63) is 63.4 Å². The summed E-state index contributed by atoms with van der Waals surface area (Å²) < 4.78 is 43.0. The summed E-state index contributed by atoms with van der Waals surface area (Å²) in [6.07, 6.45) is -2.00. The van der Waals surface area contributed by atoms with Crippen LogP contribution in [0.3, 0.4) is 0 Å². The molecule has 0 fully saturated rings. The summed E-state index contributed by atoms with van der Waals surface area (Å²) in [5.74, 6) is -1.97. The zero-order chi connectivity index (χ0) is 21.9. The smallest absolute Gasteiger partial charge is 0.417 e. The second kappa shape index (κ2) is 8.20. The molecule has 3 heterocycles. The predicted molar refractivity (Wildman–Crippen MR) is 96.0 cm³/mol. The Balaban J connectivity index is 1.86. The van der Waals surface area contributed by atoms with Gasteiger partial charge in [0.2, 0.25) is 11.6 Å². The van der Waals surface area contributed by atoms with Crippen LogP contribution in [-0.2, 0) is 6.18 Å².